The van der Waals surface area contributed by atoms with Crippen LogP contribution in [0.3, 0.4) is 0 Å². The first-order valence-corrected chi connectivity index (χ1v) is 9.53. The average molecular weight is 365 g/mol. The van der Waals surface area contributed by atoms with Gasteiger partial charge in [-0.1, -0.05) is 17.7 Å². The Bertz CT molecular complexity index is 703. The lowest BCUT2D eigenvalue weighted by Gasteiger charge is -2.25. The third-order valence-electron chi connectivity index (χ3n) is 4.37. The summed E-state index contributed by atoms with van der Waals surface area (Å²) in [5, 5.41) is 2.36. The maximum absolute atomic E-state index is 13.1. The van der Waals surface area contributed by atoms with Gasteiger partial charge in [0, 0.05) is 24.5 Å². The van der Waals surface area contributed by atoms with Crippen molar-refractivity contribution in [2.45, 2.75) is 32.7 Å². The number of carbonyl (C=O) groups is 1. The molecular formula is C17H21ClN4OS. The average Bonchev–Trinajstić information content (AvgIpc) is 3.27. The van der Waals surface area contributed by atoms with E-state index in [1.807, 2.05) is 35.1 Å². The molecule has 0 spiro atoms. The number of anilines is 1. The Kier molecular flexibility index (Phi) is 5.36. The van der Waals surface area contributed by atoms with Gasteiger partial charge in [-0.15, -0.1) is 11.3 Å². The Hall–Kier alpha value is -1.66. The first-order chi connectivity index (χ1) is 11.7. The van der Waals surface area contributed by atoms with Crippen molar-refractivity contribution in [3.63, 3.8) is 0 Å². The van der Waals surface area contributed by atoms with E-state index in [2.05, 4.69) is 16.0 Å². The predicted molar refractivity (Wildman–Crippen MR) is 97.9 cm³/mol. The standard InChI is InChI=1S/C17H21ClN4OS/c1-3-21(4-2)17-19-11-12(18)15(20-17)16(23)22-9-5-7-13(22)14-8-6-10-24-14/h6,8,10-11,13H,3-5,7,9H2,1-2H3. The van der Waals surface area contributed by atoms with Gasteiger partial charge in [0.2, 0.25) is 5.95 Å². The number of hydrogen-bond acceptors (Lipinski definition) is 5. The van der Waals surface area contributed by atoms with Crippen LogP contribution in [0.2, 0.25) is 5.02 Å². The lowest BCUT2D eigenvalue weighted by Crippen LogP contribution is -2.32. The van der Waals surface area contributed by atoms with Crippen molar-refractivity contribution >= 4 is 34.8 Å². The van der Waals surface area contributed by atoms with E-state index < -0.39 is 0 Å². The molecule has 1 atom stereocenters. The molecule has 2 aromatic rings. The zero-order valence-corrected chi connectivity index (χ0v) is 15.5. The third kappa shape index (κ3) is 3.26. The van der Waals surface area contributed by atoms with E-state index in [-0.39, 0.29) is 11.9 Å². The SMILES string of the molecule is CCN(CC)c1ncc(Cl)c(C(=O)N2CCCC2c2cccs2)n1. The molecule has 3 rings (SSSR count). The van der Waals surface area contributed by atoms with E-state index in [1.165, 1.54) is 11.1 Å². The normalized spacial score (nSPS) is 17.3. The van der Waals surface area contributed by atoms with Gasteiger partial charge in [-0.25, -0.2) is 9.97 Å². The maximum atomic E-state index is 13.1. The maximum Gasteiger partial charge on any atom is 0.274 e. The van der Waals surface area contributed by atoms with E-state index in [9.17, 15) is 4.79 Å². The first kappa shape index (κ1) is 17.2. The monoisotopic (exact) mass is 364 g/mol. The molecule has 24 heavy (non-hydrogen) atoms. The Morgan fingerprint density at radius 1 is 1.46 bits per heavy atom. The summed E-state index contributed by atoms with van der Waals surface area (Å²) in [5.74, 6) is 0.450. The highest BCUT2D eigenvalue weighted by Gasteiger charge is 2.33. The molecule has 0 aromatic carbocycles. The summed E-state index contributed by atoms with van der Waals surface area (Å²) < 4.78 is 0. The van der Waals surface area contributed by atoms with Crippen molar-refractivity contribution in [1.29, 1.82) is 0 Å². The Balaban J connectivity index is 1.90. The summed E-state index contributed by atoms with van der Waals surface area (Å²) in [6.07, 6.45) is 3.52. The van der Waals surface area contributed by atoms with Gasteiger partial charge in [0.1, 0.15) is 0 Å². The lowest BCUT2D eigenvalue weighted by atomic mass is 10.2. The molecular weight excluding hydrogens is 344 g/mol. The van der Waals surface area contributed by atoms with Crippen molar-refractivity contribution in [1.82, 2.24) is 14.9 Å². The molecule has 1 saturated heterocycles. The number of nitrogens with zero attached hydrogens (tertiary/aromatic N) is 4. The van der Waals surface area contributed by atoms with Crippen LogP contribution in [0.15, 0.2) is 23.7 Å². The van der Waals surface area contributed by atoms with Crippen LogP contribution in [0.1, 0.15) is 48.1 Å². The molecule has 0 saturated carbocycles. The topological polar surface area (TPSA) is 49.3 Å². The van der Waals surface area contributed by atoms with E-state index in [4.69, 9.17) is 11.6 Å². The number of hydrogen-bond donors (Lipinski definition) is 0. The van der Waals surface area contributed by atoms with Crippen LogP contribution >= 0.6 is 22.9 Å². The lowest BCUT2D eigenvalue weighted by molar-refractivity contribution is 0.0732. The Morgan fingerprint density at radius 3 is 2.92 bits per heavy atom. The molecule has 5 nitrogen and oxygen atoms in total. The summed E-state index contributed by atoms with van der Waals surface area (Å²) in [7, 11) is 0. The van der Waals surface area contributed by atoms with Crippen molar-refractivity contribution in [3.05, 3.63) is 39.3 Å². The second-order valence-corrected chi connectivity index (χ2v) is 7.10. The summed E-state index contributed by atoms with van der Waals surface area (Å²) >= 11 is 7.93. The fourth-order valence-electron chi connectivity index (χ4n) is 3.09. The number of likely N-dealkylation sites (tertiary alicyclic amines) is 1. The van der Waals surface area contributed by atoms with E-state index >= 15 is 0 Å². The van der Waals surface area contributed by atoms with Crippen molar-refractivity contribution in [2.24, 2.45) is 0 Å². The van der Waals surface area contributed by atoms with Crippen LogP contribution in [-0.4, -0.2) is 40.4 Å². The molecule has 2 aromatic heterocycles. The van der Waals surface area contributed by atoms with Gasteiger partial charge in [0.05, 0.1) is 17.3 Å². The number of rotatable bonds is 5. The molecule has 1 fully saturated rings. The molecule has 0 N–H and O–H groups in total. The van der Waals surface area contributed by atoms with Crippen LogP contribution in [0.4, 0.5) is 5.95 Å². The van der Waals surface area contributed by atoms with Gasteiger partial charge in [-0.2, -0.15) is 0 Å². The molecule has 1 aliphatic rings. The number of halogens is 1. The van der Waals surface area contributed by atoms with Crippen LogP contribution in [0.5, 0.6) is 0 Å². The predicted octanol–water partition coefficient (Wildman–Crippen LogP) is 4.02. The zero-order chi connectivity index (χ0) is 17.1. The molecule has 1 amide bonds. The molecule has 1 unspecified atom stereocenters. The Labute approximate surface area is 151 Å². The molecule has 128 valence electrons. The van der Waals surface area contributed by atoms with Gasteiger partial charge in [0.25, 0.3) is 5.91 Å². The molecule has 1 aliphatic heterocycles. The van der Waals surface area contributed by atoms with E-state index in [0.717, 1.165) is 32.5 Å². The van der Waals surface area contributed by atoms with Crippen LogP contribution < -0.4 is 4.90 Å². The van der Waals surface area contributed by atoms with Crippen LogP contribution in [0, 0.1) is 0 Å². The number of aromatic nitrogens is 2. The van der Waals surface area contributed by atoms with Gasteiger partial charge >= 0.3 is 0 Å². The summed E-state index contributed by atoms with van der Waals surface area (Å²) in [6.45, 7) is 6.38. The fraction of sp³-hybridized carbons (Fsp3) is 0.471. The van der Waals surface area contributed by atoms with Crippen molar-refractivity contribution < 1.29 is 4.79 Å². The van der Waals surface area contributed by atoms with Crippen molar-refractivity contribution in [2.75, 3.05) is 24.5 Å². The molecule has 7 heteroatoms. The second kappa shape index (κ2) is 7.49. The fourth-order valence-corrected chi connectivity index (χ4v) is 4.13. The minimum Gasteiger partial charge on any atom is -0.341 e. The number of amides is 1. The minimum absolute atomic E-state index is 0.105. The quantitative estimate of drug-likeness (QED) is 0.804. The smallest absolute Gasteiger partial charge is 0.274 e. The molecule has 0 bridgehead atoms. The minimum atomic E-state index is -0.105. The van der Waals surface area contributed by atoms with Gasteiger partial charge in [-0.3, -0.25) is 4.79 Å². The third-order valence-corrected chi connectivity index (χ3v) is 5.62. The highest BCUT2D eigenvalue weighted by Crippen LogP contribution is 2.36. The zero-order valence-electron chi connectivity index (χ0n) is 13.9. The highest BCUT2D eigenvalue weighted by molar-refractivity contribution is 7.10. The van der Waals surface area contributed by atoms with Crippen LogP contribution in [-0.2, 0) is 0 Å². The number of thiophene rings is 1. The van der Waals surface area contributed by atoms with Crippen LogP contribution in [0.25, 0.3) is 0 Å². The largest absolute Gasteiger partial charge is 0.341 e. The van der Waals surface area contributed by atoms with E-state index in [1.54, 1.807) is 11.3 Å². The van der Waals surface area contributed by atoms with Crippen molar-refractivity contribution in [3.8, 4) is 0 Å². The molecule has 0 radical (unpaired) electrons. The summed E-state index contributed by atoms with van der Waals surface area (Å²) in [6, 6.07) is 4.24. The molecule has 3 heterocycles. The van der Waals surface area contributed by atoms with E-state index in [0.29, 0.717) is 16.7 Å². The summed E-state index contributed by atoms with van der Waals surface area (Å²) in [5.41, 5.74) is 0.303. The van der Waals surface area contributed by atoms with Gasteiger partial charge < -0.3 is 9.80 Å². The van der Waals surface area contributed by atoms with Gasteiger partial charge in [0.15, 0.2) is 5.69 Å². The van der Waals surface area contributed by atoms with Gasteiger partial charge in [-0.05, 0) is 38.1 Å². The first-order valence-electron chi connectivity index (χ1n) is 8.27. The number of carbonyl (C=O) groups excluding carboxylic acids is 1. The highest BCUT2D eigenvalue weighted by atomic mass is 35.5. The molecule has 0 aliphatic carbocycles. The second-order valence-electron chi connectivity index (χ2n) is 5.71. The Morgan fingerprint density at radius 2 is 2.25 bits per heavy atom. The summed E-state index contributed by atoms with van der Waals surface area (Å²) in [4.78, 5) is 26.9.